The van der Waals surface area contributed by atoms with E-state index in [0.717, 1.165) is 11.4 Å². The molecule has 0 saturated heterocycles. The van der Waals surface area contributed by atoms with Gasteiger partial charge in [-0.05, 0) is 93.2 Å². The Morgan fingerprint density at radius 2 is 1.42 bits per heavy atom. The monoisotopic (exact) mass is 562 g/mol. The summed E-state index contributed by atoms with van der Waals surface area (Å²) in [7, 11) is 8.12. The third kappa shape index (κ3) is 19.0. The van der Waals surface area contributed by atoms with Gasteiger partial charge >= 0.3 is 0 Å². The van der Waals surface area contributed by atoms with E-state index in [-0.39, 0.29) is 0 Å². The highest BCUT2D eigenvalue weighted by atomic mass is 32.1. The normalized spacial score (nSPS) is 13.4. The van der Waals surface area contributed by atoms with Crippen LogP contribution in [0, 0.1) is 5.92 Å². The van der Waals surface area contributed by atoms with Crippen molar-refractivity contribution < 1.29 is 0 Å². The number of hydrogen-bond acceptors (Lipinski definition) is 3. The van der Waals surface area contributed by atoms with Crippen LogP contribution in [0.5, 0.6) is 0 Å². The van der Waals surface area contributed by atoms with Gasteiger partial charge in [-0.3, -0.25) is 0 Å². The maximum Gasteiger partial charge on any atom is 0.0186 e. The molecular weight excluding hydrogens is 499 g/mol. The fourth-order valence-corrected chi connectivity index (χ4v) is 5.63. The molecule has 0 spiro atoms. The molecule has 1 aromatic carbocycles. The Balaban J connectivity index is -0.000000504. The zero-order valence-corrected chi connectivity index (χ0v) is 29.2. The number of rotatable bonds is 12. The molecule has 1 rings (SSSR count). The Labute approximate surface area is 246 Å². The third-order valence-electron chi connectivity index (χ3n) is 7.04. The molecule has 2 unspecified atom stereocenters. The highest BCUT2D eigenvalue weighted by Crippen LogP contribution is 2.45. The van der Waals surface area contributed by atoms with E-state index >= 15 is 0 Å². The van der Waals surface area contributed by atoms with Crippen molar-refractivity contribution in [2.24, 2.45) is 5.92 Å². The van der Waals surface area contributed by atoms with Crippen LogP contribution in [0.3, 0.4) is 0 Å². The predicted molar refractivity (Wildman–Crippen MR) is 186 cm³/mol. The van der Waals surface area contributed by atoms with Gasteiger partial charge in [0, 0.05) is 16.6 Å². The van der Waals surface area contributed by atoms with Crippen LogP contribution in [0.2, 0.25) is 0 Å². The van der Waals surface area contributed by atoms with Crippen LogP contribution in [0.15, 0.2) is 79.2 Å². The first kappa shape index (κ1) is 41.4. The maximum atomic E-state index is 4.48. The largest absolute Gasteiger partial charge is 0.304 e. The summed E-state index contributed by atoms with van der Waals surface area (Å²) in [4.78, 5) is 4.55. The zero-order chi connectivity index (χ0) is 30.4. The van der Waals surface area contributed by atoms with Crippen molar-refractivity contribution in [3.8, 4) is 0 Å². The van der Waals surface area contributed by atoms with Gasteiger partial charge in [-0.2, -0.15) is 12.6 Å². The highest BCUT2D eigenvalue weighted by Gasteiger charge is 2.22. The summed E-state index contributed by atoms with van der Waals surface area (Å²) in [5, 5.41) is 2.59. The van der Waals surface area contributed by atoms with E-state index in [4.69, 9.17) is 0 Å². The number of nitrogens with zero attached hydrogens (tertiary/aromatic N) is 2. The molecule has 38 heavy (non-hydrogen) atoms. The van der Waals surface area contributed by atoms with Crippen molar-refractivity contribution in [2.75, 3.05) is 33.7 Å². The Morgan fingerprint density at radius 1 is 0.921 bits per heavy atom. The molecule has 0 heterocycles. The second-order valence-corrected chi connectivity index (χ2v) is 13.8. The molecule has 4 heteroatoms. The molecule has 0 aliphatic rings. The van der Waals surface area contributed by atoms with E-state index in [1.54, 1.807) is 6.08 Å². The van der Waals surface area contributed by atoms with E-state index in [1.807, 2.05) is 32.1 Å². The van der Waals surface area contributed by atoms with Gasteiger partial charge in [-0.1, -0.05) is 115 Å². The van der Waals surface area contributed by atoms with Crippen LogP contribution < -0.4 is 5.30 Å². The summed E-state index contributed by atoms with van der Waals surface area (Å²) in [5.74, 6) is 0.840. The lowest BCUT2D eigenvalue weighted by Crippen LogP contribution is -2.39. The van der Waals surface area contributed by atoms with Gasteiger partial charge < -0.3 is 9.80 Å². The van der Waals surface area contributed by atoms with E-state index in [1.165, 1.54) is 29.9 Å². The molecule has 2 nitrogen and oxygen atoms in total. The minimum absolute atomic E-state index is 0.357. The molecule has 220 valence electrons. The molecule has 2 atom stereocenters. The Bertz CT molecular complexity index is 764. The molecule has 0 radical (unpaired) electrons. The van der Waals surface area contributed by atoms with Gasteiger partial charge in [0.2, 0.25) is 0 Å². The summed E-state index contributed by atoms with van der Waals surface area (Å²) < 4.78 is 0. The van der Waals surface area contributed by atoms with Crippen molar-refractivity contribution in [1.82, 2.24) is 9.80 Å². The highest BCUT2D eigenvalue weighted by molar-refractivity contribution is 7.92. The average molecular weight is 563 g/mol. The molecular formula is C34H63N2PS. The van der Waals surface area contributed by atoms with Crippen molar-refractivity contribution in [1.29, 1.82) is 0 Å². The minimum Gasteiger partial charge on any atom is -0.304 e. The Kier molecular flexibility index (Phi) is 25.8. The first-order chi connectivity index (χ1) is 17.7. The maximum absolute atomic E-state index is 4.48. The second-order valence-electron chi connectivity index (χ2n) is 10.8. The third-order valence-corrected chi connectivity index (χ3v) is 10.0. The fraction of sp³-hybridized carbons (Fsp3) is 0.588. The fourth-order valence-electron chi connectivity index (χ4n) is 2.94. The molecule has 0 N–H and O–H groups in total. The van der Waals surface area contributed by atoms with Gasteiger partial charge in [0.1, 0.15) is 0 Å². The first-order valence-corrected chi connectivity index (χ1v) is 16.3. The predicted octanol–water partition coefficient (Wildman–Crippen LogP) is 10.0. The van der Waals surface area contributed by atoms with E-state index < -0.39 is 7.92 Å². The molecule has 0 bridgehead atoms. The molecule has 0 fully saturated rings. The van der Waals surface area contributed by atoms with Crippen LogP contribution in [-0.2, 0) is 0 Å². The van der Waals surface area contributed by atoms with E-state index in [0.29, 0.717) is 11.1 Å². The molecule has 1 aromatic rings. The van der Waals surface area contributed by atoms with Gasteiger partial charge in [-0.25, -0.2) is 0 Å². The number of allylic oxidation sites excluding steroid dienone is 6. The van der Waals surface area contributed by atoms with Gasteiger partial charge in [-0.15, -0.1) is 0 Å². The average Bonchev–Trinajstić information content (AvgIpc) is 2.89. The van der Waals surface area contributed by atoms with Gasteiger partial charge in [0.15, 0.2) is 0 Å². The second kappa shape index (κ2) is 23.7. The van der Waals surface area contributed by atoms with Crippen LogP contribution in [0.4, 0.5) is 0 Å². The SMILES string of the molecule is C=C/C=C\C(=C/C=C)P(CS)c1ccccc1.CC.CCC(C)(C)N(C)C.CCC(C)CC(C)(C)N(C)C. The first-order valence-electron chi connectivity index (χ1n) is 14.1. The molecule has 0 aromatic heterocycles. The quantitative estimate of drug-likeness (QED) is 0.154. The summed E-state index contributed by atoms with van der Waals surface area (Å²) in [6, 6.07) is 10.5. The van der Waals surface area contributed by atoms with Crippen LogP contribution in [0.25, 0.3) is 0 Å². The van der Waals surface area contributed by atoms with Crippen molar-refractivity contribution in [2.45, 2.75) is 92.7 Å². The van der Waals surface area contributed by atoms with E-state index in [2.05, 4.69) is 149 Å². The summed E-state index contributed by atoms with van der Waals surface area (Å²) in [6.07, 6.45) is 13.5. The van der Waals surface area contributed by atoms with Gasteiger partial charge in [0.05, 0.1) is 0 Å². The number of hydrogen-bond donors (Lipinski definition) is 1. The summed E-state index contributed by atoms with van der Waals surface area (Å²) >= 11 is 4.48. The molecule has 0 aliphatic carbocycles. The molecule has 0 amide bonds. The molecule has 0 aliphatic heterocycles. The lowest BCUT2D eigenvalue weighted by Gasteiger charge is -2.34. The van der Waals surface area contributed by atoms with Gasteiger partial charge in [0.25, 0.3) is 0 Å². The number of benzene rings is 1. The lowest BCUT2D eigenvalue weighted by molar-refractivity contribution is 0.157. The minimum atomic E-state index is -0.415. The Morgan fingerprint density at radius 3 is 1.74 bits per heavy atom. The van der Waals surface area contributed by atoms with Crippen LogP contribution >= 0.6 is 20.6 Å². The van der Waals surface area contributed by atoms with E-state index in [9.17, 15) is 0 Å². The summed E-state index contributed by atoms with van der Waals surface area (Å²) in [6.45, 7) is 27.4. The Hall–Kier alpha value is -1.12. The standard InChI is InChI=1S/C15H17PS.C10H23N.C7H17N.C2H6/c1-3-5-10-14(9-4-2)16(13-17)15-11-7-6-8-12-15;1-7-9(2)8-10(3,4)11(5)6;1-6-7(2,3)8(4)5;1-2/h3-12,17H,1-2,13H2;9H,7-8H2,1-6H3;6H2,1-5H3;1-2H3/b10-5-,14-9+;;;. The van der Waals surface area contributed by atoms with Crippen LogP contribution in [0.1, 0.15) is 81.6 Å². The van der Waals surface area contributed by atoms with Crippen molar-refractivity contribution >= 4 is 25.9 Å². The zero-order valence-electron chi connectivity index (χ0n) is 27.4. The smallest absolute Gasteiger partial charge is 0.0186 e. The van der Waals surface area contributed by atoms with Crippen molar-refractivity contribution in [3.63, 3.8) is 0 Å². The molecule has 0 saturated carbocycles. The topological polar surface area (TPSA) is 6.48 Å². The lowest BCUT2D eigenvalue weighted by atomic mass is 9.89. The van der Waals surface area contributed by atoms with Crippen molar-refractivity contribution in [3.05, 3.63) is 79.2 Å². The summed E-state index contributed by atoms with van der Waals surface area (Å²) in [5.41, 5.74) is 1.57. The van der Waals surface area contributed by atoms with Crippen LogP contribution in [-0.4, -0.2) is 54.6 Å². The number of thiol groups is 1.